The van der Waals surface area contributed by atoms with Gasteiger partial charge in [-0.1, -0.05) is 18.2 Å². The van der Waals surface area contributed by atoms with Crippen molar-refractivity contribution in [2.24, 2.45) is 5.73 Å². The summed E-state index contributed by atoms with van der Waals surface area (Å²) in [4.78, 5) is 2.02. The molecular weight excluding hydrogens is 226 g/mol. The van der Waals surface area contributed by atoms with Crippen molar-refractivity contribution in [1.29, 1.82) is 5.26 Å². The minimum atomic E-state index is 0.355. The number of aromatic nitrogens is 2. The summed E-state index contributed by atoms with van der Waals surface area (Å²) in [5.74, 6) is 0. The number of hydrogen-bond donors (Lipinski definition) is 1. The molecule has 2 N–H and O–H groups in total. The molecule has 5 nitrogen and oxygen atoms in total. The lowest BCUT2D eigenvalue weighted by Gasteiger charge is -2.20. The topological polar surface area (TPSA) is 78.8 Å². The Morgan fingerprint density at radius 1 is 1.33 bits per heavy atom. The number of anilines is 1. The van der Waals surface area contributed by atoms with Crippen LogP contribution >= 0.6 is 0 Å². The van der Waals surface area contributed by atoms with E-state index in [9.17, 15) is 0 Å². The second-order valence-corrected chi connectivity index (χ2v) is 4.09. The maximum absolute atomic E-state index is 9.15. The van der Waals surface area contributed by atoms with Crippen LogP contribution in [0.25, 0.3) is 10.9 Å². The molecule has 92 valence electrons. The summed E-state index contributed by atoms with van der Waals surface area (Å²) in [6, 6.07) is 9.79. The van der Waals surface area contributed by atoms with Gasteiger partial charge in [-0.3, -0.25) is 0 Å². The summed E-state index contributed by atoms with van der Waals surface area (Å²) in [6.07, 6.45) is 0.873. The van der Waals surface area contributed by atoms with Crippen LogP contribution in [0.15, 0.2) is 24.3 Å². The molecule has 2 rings (SSSR count). The summed E-state index contributed by atoms with van der Waals surface area (Å²) in [5.41, 5.74) is 7.50. The minimum absolute atomic E-state index is 0.355. The highest BCUT2D eigenvalue weighted by atomic mass is 15.2. The van der Waals surface area contributed by atoms with E-state index in [0.717, 1.165) is 29.6 Å². The summed E-state index contributed by atoms with van der Waals surface area (Å²) >= 11 is 0. The van der Waals surface area contributed by atoms with E-state index in [1.54, 1.807) is 0 Å². The van der Waals surface area contributed by atoms with Gasteiger partial charge in [-0.05, 0) is 19.0 Å². The van der Waals surface area contributed by atoms with Crippen LogP contribution in [0.1, 0.15) is 12.1 Å². The molecule has 0 aliphatic heterocycles. The zero-order chi connectivity index (χ0) is 13.0. The fourth-order valence-corrected chi connectivity index (χ4v) is 1.94. The Morgan fingerprint density at radius 2 is 2.11 bits per heavy atom. The van der Waals surface area contributed by atoms with Crippen molar-refractivity contribution in [3.63, 3.8) is 0 Å². The first-order chi connectivity index (χ1) is 8.77. The SMILES string of the molecule is CN(CCCN)c1c(C#N)nnc2ccccc12. The first-order valence-corrected chi connectivity index (χ1v) is 5.84. The average Bonchev–Trinajstić information content (AvgIpc) is 2.43. The zero-order valence-corrected chi connectivity index (χ0v) is 10.3. The summed E-state index contributed by atoms with van der Waals surface area (Å²) < 4.78 is 0. The van der Waals surface area contributed by atoms with E-state index in [0.29, 0.717) is 12.2 Å². The highest BCUT2D eigenvalue weighted by Gasteiger charge is 2.13. The molecule has 1 heterocycles. The van der Waals surface area contributed by atoms with Gasteiger partial charge in [0.05, 0.1) is 11.2 Å². The molecular formula is C13H15N5. The van der Waals surface area contributed by atoms with E-state index in [2.05, 4.69) is 16.3 Å². The van der Waals surface area contributed by atoms with Gasteiger partial charge in [0.1, 0.15) is 6.07 Å². The van der Waals surface area contributed by atoms with Crippen molar-refractivity contribution < 1.29 is 0 Å². The highest BCUT2D eigenvalue weighted by Crippen LogP contribution is 2.26. The van der Waals surface area contributed by atoms with Crippen LogP contribution in [0, 0.1) is 11.3 Å². The smallest absolute Gasteiger partial charge is 0.186 e. The largest absolute Gasteiger partial charge is 0.372 e. The molecule has 0 unspecified atom stereocenters. The fraction of sp³-hybridized carbons (Fsp3) is 0.308. The Hall–Kier alpha value is -2.19. The monoisotopic (exact) mass is 241 g/mol. The molecule has 1 aromatic carbocycles. The van der Waals surface area contributed by atoms with Crippen LogP contribution in [0.5, 0.6) is 0 Å². The first-order valence-electron chi connectivity index (χ1n) is 5.84. The van der Waals surface area contributed by atoms with Crippen LogP contribution < -0.4 is 10.6 Å². The number of nitrogens with zero attached hydrogens (tertiary/aromatic N) is 4. The summed E-state index contributed by atoms with van der Waals surface area (Å²) in [5, 5.41) is 18.1. The van der Waals surface area contributed by atoms with Crippen molar-refractivity contribution in [2.75, 3.05) is 25.0 Å². The average molecular weight is 241 g/mol. The first kappa shape index (κ1) is 12.3. The third-order valence-electron chi connectivity index (χ3n) is 2.83. The zero-order valence-electron chi connectivity index (χ0n) is 10.3. The van der Waals surface area contributed by atoms with Crippen molar-refractivity contribution in [3.8, 4) is 6.07 Å². The quantitative estimate of drug-likeness (QED) is 0.872. The minimum Gasteiger partial charge on any atom is -0.372 e. The van der Waals surface area contributed by atoms with Crippen molar-refractivity contribution in [2.45, 2.75) is 6.42 Å². The van der Waals surface area contributed by atoms with Crippen molar-refractivity contribution in [3.05, 3.63) is 30.0 Å². The molecule has 5 heteroatoms. The Kier molecular flexibility index (Phi) is 3.70. The van der Waals surface area contributed by atoms with Gasteiger partial charge < -0.3 is 10.6 Å². The predicted octanol–water partition coefficient (Wildman–Crippen LogP) is 1.29. The maximum Gasteiger partial charge on any atom is 0.186 e. The third kappa shape index (κ3) is 2.24. The normalized spacial score (nSPS) is 10.3. The standard InChI is InChI=1S/C13H15N5/c1-18(8-4-7-14)13-10-5-2-3-6-11(10)16-17-12(13)9-15/h2-3,5-6H,4,7-8,14H2,1H3. The highest BCUT2D eigenvalue weighted by molar-refractivity contribution is 5.93. The van der Waals surface area contributed by atoms with Crippen LogP contribution in [0.3, 0.4) is 0 Å². The van der Waals surface area contributed by atoms with Crippen molar-refractivity contribution >= 4 is 16.6 Å². The predicted molar refractivity (Wildman–Crippen MR) is 71.2 cm³/mol. The van der Waals surface area contributed by atoms with Crippen LogP contribution in [-0.4, -0.2) is 30.3 Å². The van der Waals surface area contributed by atoms with E-state index in [1.165, 1.54) is 0 Å². The van der Waals surface area contributed by atoms with Gasteiger partial charge in [0, 0.05) is 19.0 Å². The molecule has 0 saturated carbocycles. The van der Waals surface area contributed by atoms with Gasteiger partial charge in [0.25, 0.3) is 0 Å². The van der Waals surface area contributed by atoms with Gasteiger partial charge in [-0.2, -0.15) is 5.26 Å². The Labute approximate surface area is 106 Å². The molecule has 0 amide bonds. The molecule has 0 radical (unpaired) electrons. The molecule has 2 aromatic rings. The molecule has 0 atom stereocenters. The number of hydrogen-bond acceptors (Lipinski definition) is 5. The number of rotatable bonds is 4. The molecule has 0 saturated heterocycles. The number of nitrogens with two attached hydrogens (primary N) is 1. The van der Waals surface area contributed by atoms with Gasteiger partial charge in [-0.25, -0.2) is 0 Å². The molecule has 0 fully saturated rings. The lowest BCUT2D eigenvalue weighted by atomic mass is 10.1. The van der Waals surface area contributed by atoms with E-state index < -0.39 is 0 Å². The summed E-state index contributed by atoms with van der Waals surface area (Å²) in [6.45, 7) is 1.42. The van der Waals surface area contributed by atoms with E-state index >= 15 is 0 Å². The molecule has 1 aromatic heterocycles. The maximum atomic E-state index is 9.15. The summed E-state index contributed by atoms with van der Waals surface area (Å²) in [7, 11) is 1.94. The number of benzene rings is 1. The lowest BCUT2D eigenvalue weighted by molar-refractivity contribution is 0.793. The molecule has 0 bridgehead atoms. The van der Waals surface area contributed by atoms with Crippen LogP contribution in [0.2, 0.25) is 0 Å². The lowest BCUT2D eigenvalue weighted by Crippen LogP contribution is -2.22. The Bertz CT molecular complexity index is 587. The second-order valence-electron chi connectivity index (χ2n) is 4.09. The number of nitriles is 1. The molecule has 0 spiro atoms. The van der Waals surface area contributed by atoms with Crippen LogP contribution in [-0.2, 0) is 0 Å². The Balaban J connectivity index is 2.54. The van der Waals surface area contributed by atoms with Gasteiger partial charge >= 0.3 is 0 Å². The van der Waals surface area contributed by atoms with E-state index in [4.69, 9.17) is 11.0 Å². The molecule has 0 aliphatic carbocycles. The van der Waals surface area contributed by atoms with E-state index in [-0.39, 0.29) is 0 Å². The molecule has 0 aliphatic rings. The fourth-order valence-electron chi connectivity index (χ4n) is 1.94. The van der Waals surface area contributed by atoms with Gasteiger partial charge in [-0.15, -0.1) is 10.2 Å². The number of fused-ring (bicyclic) bond motifs is 1. The van der Waals surface area contributed by atoms with Gasteiger partial charge in [0.15, 0.2) is 5.69 Å². The van der Waals surface area contributed by atoms with Gasteiger partial charge in [0.2, 0.25) is 0 Å². The van der Waals surface area contributed by atoms with E-state index in [1.807, 2.05) is 36.2 Å². The van der Waals surface area contributed by atoms with Crippen LogP contribution in [0.4, 0.5) is 5.69 Å². The molecule has 18 heavy (non-hydrogen) atoms. The second kappa shape index (κ2) is 5.43. The third-order valence-corrected chi connectivity index (χ3v) is 2.83. The van der Waals surface area contributed by atoms with Crippen molar-refractivity contribution in [1.82, 2.24) is 10.2 Å². The Morgan fingerprint density at radius 3 is 2.83 bits per heavy atom.